The van der Waals surface area contributed by atoms with Crippen molar-refractivity contribution in [2.45, 2.75) is 6.54 Å². The SMILES string of the molecule is COc1cc(C(=O)N(C)Cc2ccc(O)cc2)ccc1F. The number of ether oxygens (including phenoxy) is 1. The van der Waals surface area contributed by atoms with E-state index in [2.05, 4.69) is 0 Å². The lowest BCUT2D eigenvalue weighted by molar-refractivity contribution is 0.0784. The molecular weight excluding hydrogens is 273 g/mol. The Balaban J connectivity index is 2.13. The van der Waals surface area contributed by atoms with Gasteiger partial charge in [-0.3, -0.25) is 4.79 Å². The average Bonchev–Trinajstić information content (AvgIpc) is 2.49. The Morgan fingerprint density at radius 3 is 2.52 bits per heavy atom. The molecule has 0 unspecified atom stereocenters. The summed E-state index contributed by atoms with van der Waals surface area (Å²) in [7, 11) is 3.01. The van der Waals surface area contributed by atoms with E-state index in [0.29, 0.717) is 12.1 Å². The molecule has 0 aliphatic heterocycles. The second-order valence-electron chi connectivity index (χ2n) is 4.68. The first-order valence-corrected chi connectivity index (χ1v) is 6.38. The molecule has 0 aromatic heterocycles. The van der Waals surface area contributed by atoms with Crippen LogP contribution in [-0.4, -0.2) is 30.1 Å². The van der Waals surface area contributed by atoms with Gasteiger partial charge in [-0.2, -0.15) is 0 Å². The lowest BCUT2D eigenvalue weighted by Crippen LogP contribution is -2.26. The van der Waals surface area contributed by atoms with Gasteiger partial charge in [-0.15, -0.1) is 0 Å². The van der Waals surface area contributed by atoms with E-state index in [1.54, 1.807) is 31.3 Å². The number of hydrogen-bond acceptors (Lipinski definition) is 3. The molecule has 2 aromatic carbocycles. The zero-order valence-corrected chi connectivity index (χ0v) is 11.8. The zero-order valence-electron chi connectivity index (χ0n) is 11.8. The van der Waals surface area contributed by atoms with Gasteiger partial charge in [-0.1, -0.05) is 12.1 Å². The highest BCUT2D eigenvalue weighted by Gasteiger charge is 2.14. The molecule has 0 saturated heterocycles. The summed E-state index contributed by atoms with van der Waals surface area (Å²) in [5.41, 5.74) is 1.24. The summed E-state index contributed by atoms with van der Waals surface area (Å²) in [6.45, 7) is 0.388. The number of carbonyl (C=O) groups is 1. The first-order chi connectivity index (χ1) is 10.0. The van der Waals surface area contributed by atoms with Crippen LogP contribution in [0.3, 0.4) is 0 Å². The van der Waals surface area contributed by atoms with E-state index in [1.165, 1.54) is 30.2 Å². The molecule has 21 heavy (non-hydrogen) atoms. The number of hydrogen-bond donors (Lipinski definition) is 1. The molecule has 0 aliphatic carbocycles. The molecule has 0 radical (unpaired) electrons. The highest BCUT2D eigenvalue weighted by atomic mass is 19.1. The lowest BCUT2D eigenvalue weighted by Gasteiger charge is -2.18. The molecule has 0 fully saturated rings. The quantitative estimate of drug-likeness (QED) is 0.941. The molecule has 0 saturated carbocycles. The maximum absolute atomic E-state index is 13.3. The number of amides is 1. The Kier molecular flexibility index (Phi) is 4.42. The number of halogens is 1. The summed E-state index contributed by atoms with van der Waals surface area (Å²) in [6.07, 6.45) is 0. The molecule has 1 N–H and O–H groups in total. The summed E-state index contributed by atoms with van der Waals surface area (Å²) in [6, 6.07) is 10.6. The van der Waals surface area contributed by atoms with E-state index in [4.69, 9.17) is 4.74 Å². The number of phenols is 1. The second kappa shape index (κ2) is 6.26. The normalized spacial score (nSPS) is 10.2. The van der Waals surface area contributed by atoms with Gasteiger partial charge in [0.25, 0.3) is 5.91 Å². The smallest absolute Gasteiger partial charge is 0.254 e. The molecule has 1 amide bonds. The number of phenolic OH excluding ortho intramolecular Hbond substituents is 1. The van der Waals surface area contributed by atoms with Crippen molar-refractivity contribution in [3.05, 3.63) is 59.4 Å². The maximum Gasteiger partial charge on any atom is 0.254 e. The standard InChI is InChI=1S/C16H16FNO3/c1-18(10-11-3-6-13(19)7-4-11)16(20)12-5-8-14(17)15(9-12)21-2/h3-9,19H,10H2,1-2H3. The van der Waals surface area contributed by atoms with Gasteiger partial charge in [-0.05, 0) is 35.9 Å². The number of rotatable bonds is 4. The van der Waals surface area contributed by atoms with E-state index in [0.717, 1.165) is 5.56 Å². The van der Waals surface area contributed by atoms with Crippen LogP contribution in [0.2, 0.25) is 0 Å². The molecular formula is C16H16FNO3. The molecule has 0 bridgehead atoms. The van der Waals surface area contributed by atoms with Crippen molar-refractivity contribution in [3.63, 3.8) is 0 Å². The Morgan fingerprint density at radius 2 is 1.90 bits per heavy atom. The van der Waals surface area contributed by atoms with Gasteiger partial charge in [-0.25, -0.2) is 4.39 Å². The van der Waals surface area contributed by atoms with Crippen molar-refractivity contribution in [1.29, 1.82) is 0 Å². The largest absolute Gasteiger partial charge is 0.508 e. The third-order valence-electron chi connectivity index (χ3n) is 3.10. The fraction of sp³-hybridized carbons (Fsp3) is 0.188. The number of carbonyl (C=O) groups excluding carboxylic acids is 1. The molecule has 0 atom stereocenters. The molecule has 0 spiro atoms. The second-order valence-corrected chi connectivity index (χ2v) is 4.68. The fourth-order valence-electron chi connectivity index (χ4n) is 1.96. The van der Waals surface area contributed by atoms with Crippen LogP contribution < -0.4 is 4.74 Å². The highest BCUT2D eigenvalue weighted by molar-refractivity contribution is 5.94. The van der Waals surface area contributed by atoms with Crippen LogP contribution in [-0.2, 0) is 6.54 Å². The van der Waals surface area contributed by atoms with Gasteiger partial charge in [0.1, 0.15) is 5.75 Å². The predicted octanol–water partition coefficient (Wildman–Crippen LogP) is 2.81. The minimum atomic E-state index is -0.504. The van der Waals surface area contributed by atoms with Crippen molar-refractivity contribution >= 4 is 5.91 Å². The van der Waals surface area contributed by atoms with E-state index >= 15 is 0 Å². The fourth-order valence-corrected chi connectivity index (χ4v) is 1.96. The van der Waals surface area contributed by atoms with Crippen LogP contribution in [0.1, 0.15) is 15.9 Å². The van der Waals surface area contributed by atoms with Crippen LogP contribution >= 0.6 is 0 Å². The van der Waals surface area contributed by atoms with Crippen molar-refractivity contribution in [2.75, 3.05) is 14.2 Å². The Bertz CT molecular complexity index is 640. The summed E-state index contributed by atoms with van der Waals surface area (Å²) >= 11 is 0. The van der Waals surface area contributed by atoms with Crippen LogP contribution in [0.4, 0.5) is 4.39 Å². The summed E-state index contributed by atoms with van der Waals surface area (Å²) in [4.78, 5) is 13.8. The average molecular weight is 289 g/mol. The van der Waals surface area contributed by atoms with Crippen molar-refractivity contribution in [1.82, 2.24) is 4.90 Å². The van der Waals surface area contributed by atoms with Gasteiger partial charge in [0.05, 0.1) is 7.11 Å². The zero-order chi connectivity index (χ0) is 15.4. The molecule has 2 aromatic rings. The predicted molar refractivity (Wildman–Crippen MR) is 76.9 cm³/mol. The van der Waals surface area contributed by atoms with E-state index in [9.17, 15) is 14.3 Å². The van der Waals surface area contributed by atoms with Crippen LogP contribution in [0, 0.1) is 5.82 Å². The molecule has 110 valence electrons. The van der Waals surface area contributed by atoms with Gasteiger partial charge in [0.2, 0.25) is 0 Å². The third kappa shape index (κ3) is 3.51. The summed E-state index contributed by atoms with van der Waals surface area (Å²) in [5, 5.41) is 9.23. The first-order valence-electron chi connectivity index (χ1n) is 6.38. The Hall–Kier alpha value is -2.56. The monoisotopic (exact) mass is 289 g/mol. The van der Waals surface area contributed by atoms with Crippen LogP contribution in [0.5, 0.6) is 11.5 Å². The number of aromatic hydroxyl groups is 1. The number of benzene rings is 2. The molecule has 0 aliphatic rings. The Morgan fingerprint density at radius 1 is 1.24 bits per heavy atom. The van der Waals surface area contributed by atoms with Gasteiger partial charge in [0, 0.05) is 19.2 Å². The van der Waals surface area contributed by atoms with Gasteiger partial charge >= 0.3 is 0 Å². The summed E-state index contributed by atoms with van der Waals surface area (Å²) in [5.74, 6) is -0.522. The topological polar surface area (TPSA) is 49.8 Å². The van der Waals surface area contributed by atoms with Gasteiger partial charge in [0.15, 0.2) is 11.6 Å². The molecule has 4 nitrogen and oxygen atoms in total. The highest BCUT2D eigenvalue weighted by Crippen LogP contribution is 2.20. The van der Waals surface area contributed by atoms with Gasteiger partial charge < -0.3 is 14.7 Å². The maximum atomic E-state index is 13.3. The minimum absolute atomic E-state index is 0.0406. The van der Waals surface area contributed by atoms with Crippen molar-refractivity contribution < 1.29 is 19.0 Å². The minimum Gasteiger partial charge on any atom is -0.508 e. The number of nitrogens with zero attached hydrogens (tertiary/aromatic N) is 1. The van der Waals surface area contributed by atoms with Crippen LogP contribution in [0.15, 0.2) is 42.5 Å². The third-order valence-corrected chi connectivity index (χ3v) is 3.10. The Labute approximate surface area is 122 Å². The first kappa shape index (κ1) is 14.8. The van der Waals surface area contributed by atoms with E-state index in [1.807, 2.05) is 0 Å². The van der Waals surface area contributed by atoms with E-state index in [-0.39, 0.29) is 17.4 Å². The van der Waals surface area contributed by atoms with Crippen LogP contribution in [0.25, 0.3) is 0 Å². The number of methoxy groups -OCH3 is 1. The molecule has 0 heterocycles. The molecule has 2 rings (SSSR count). The van der Waals surface area contributed by atoms with Crippen molar-refractivity contribution in [3.8, 4) is 11.5 Å². The lowest BCUT2D eigenvalue weighted by atomic mass is 10.1. The van der Waals surface area contributed by atoms with Crippen molar-refractivity contribution in [2.24, 2.45) is 0 Å². The molecule has 5 heteroatoms. The summed E-state index contributed by atoms with van der Waals surface area (Å²) < 4.78 is 18.2. The van der Waals surface area contributed by atoms with E-state index < -0.39 is 5.82 Å².